The van der Waals surface area contributed by atoms with Gasteiger partial charge in [-0.2, -0.15) is 0 Å². The molecule has 0 bridgehead atoms. The van der Waals surface area contributed by atoms with Crippen molar-refractivity contribution in [3.8, 4) is 0 Å². The minimum Gasteiger partial charge on any atom is -0.481 e. The molecule has 1 amide bonds. The lowest BCUT2D eigenvalue weighted by atomic mass is 9.84. The number of likely N-dealkylation sites (tertiary alicyclic amines) is 1. The fraction of sp³-hybridized carbons (Fsp3) is 0.875. The van der Waals surface area contributed by atoms with Gasteiger partial charge in [0.25, 0.3) is 0 Å². The number of nitrogens with one attached hydrogen (secondary N) is 1. The molecule has 0 spiro atoms. The fourth-order valence-corrected chi connectivity index (χ4v) is 3.00. The van der Waals surface area contributed by atoms with Crippen LogP contribution in [0.4, 0.5) is 0 Å². The molecule has 0 aliphatic carbocycles. The van der Waals surface area contributed by atoms with Gasteiger partial charge in [0, 0.05) is 19.5 Å². The van der Waals surface area contributed by atoms with Crippen LogP contribution in [0, 0.1) is 11.8 Å². The average Bonchev–Trinajstić information content (AvgIpc) is 2.46. The lowest BCUT2D eigenvalue weighted by Gasteiger charge is -2.38. The summed E-state index contributed by atoms with van der Waals surface area (Å²) in [5.41, 5.74) is 0. The Kier molecular flexibility index (Phi) is 7.72. The largest absolute Gasteiger partial charge is 0.481 e. The predicted molar refractivity (Wildman–Crippen MR) is 83.1 cm³/mol. The van der Waals surface area contributed by atoms with E-state index in [4.69, 9.17) is 5.11 Å². The van der Waals surface area contributed by atoms with Crippen molar-refractivity contribution in [2.24, 2.45) is 11.8 Å². The van der Waals surface area contributed by atoms with E-state index in [0.29, 0.717) is 5.92 Å². The molecule has 2 N–H and O–H groups in total. The molecule has 1 fully saturated rings. The van der Waals surface area contributed by atoms with Crippen LogP contribution in [0.5, 0.6) is 0 Å². The van der Waals surface area contributed by atoms with Crippen LogP contribution in [-0.2, 0) is 9.59 Å². The normalized spacial score (nSPS) is 22.5. The van der Waals surface area contributed by atoms with Crippen molar-refractivity contribution in [3.63, 3.8) is 0 Å². The van der Waals surface area contributed by atoms with Crippen LogP contribution >= 0.6 is 0 Å². The highest BCUT2D eigenvalue weighted by Gasteiger charge is 2.30. The first-order valence-electron chi connectivity index (χ1n) is 8.19. The number of aliphatic carboxylic acids is 1. The number of hydrogen-bond acceptors (Lipinski definition) is 3. The maximum absolute atomic E-state index is 12.1. The maximum Gasteiger partial charge on any atom is 0.303 e. The summed E-state index contributed by atoms with van der Waals surface area (Å²) < 4.78 is 0. The minimum atomic E-state index is -0.731. The van der Waals surface area contributed by atoms with Gasteiger partial charge in [-0.15, -0.1) is 0 Å². The number of amides is 1. The van der Waals surface area contributed by atoms with Crippen LogP contribution in [0.1, 0.15) is 52.9 Å². The van der Waals surface area contributed by atoms with Crippen LogP contribution in [-0.4, -0.2) is 47.6 Å². The number of nitrogens with zero attached hydrogens (tertiary/aromatic N) is 1. The Balaban J connectivity index is 2.47. The summed E-state index contributed by atoms with van der Waals surface area (Å²) in [7, 11) is 0. The van der Waals surface area contributed by atoms with Gasteiger partial charge in [0.15, 0.2) is 0 Å². The van der Waals surface area contributed by atoms with E-state index in [9.17, 15) is 9.59 Å². The van der Waals surface area contributed by atoms with E-state index < -0.39 is 5.97 Å². The standard InChI is InChI=1S/C16H30N2O3/c1-4-5-8-17-16(21)13(3)18-9-6-7-14(11-18)12(2)10-15(19)20/h12-14H,4-11H2,1-3H3,(H,17,21)(H,19,20). The van der Waals surface area contributed by atoms with E-state index in [1.54, 1.807) is 0 Å². The van der Waals surface area contributed by atoms with Crippen molar-refractivity contribution < 1.29 is 14.7 Å². The monoisotopic (exact) mass is 298 g/mol. The second-order valence-electron chi connectivity index (χ2n) is 6.29. The number of carbonyl (C=O) groups is 2. The molecule has 5 nitrogen and oxygen atoms in total. The third-order valence-electron chi connectivity index (χ3n) is 4.55. The summed E-state index contributed by atoms with van der Waals surface area (Å²) in [5, 5.41) is 11.9. The molecule has 1 heterocycles. The van der Waals surface area contributed by atoms with Crippen LogP contribution in [0.2, 0.25) is 0 Å². The highest BCUT2D eigenvalue weighted by molar-refractivity contribution is 5.81. The Morgan fingerprint density at radius 3 is 2.71 bits per heavy atom. The molecule has 21 heavy (non-hydrogen) atoms. The maximum atomic E-state index is 12.1. The second-order valence-corrected chi connectivity index (χ2v) is 6.29. The third-order valence-corrected chi connectivity index (χ3v) is 4.55. The smallest absolute Gasteiger partial charge is 0.303 e. The molecule has 0 aromatic carbocycles. The number of carbonyl (C=O) groups excluding carboxylic acids is 1. The average molecular weight is 298 g/mol. The van der Waals surface area contributed by atoms with Crippen molar-refractivity contribution in [3.05, 3.63) is 0 Å². The van der Waals surface area contributed by atoms with Gasteiger partial charge in [-0.1, -0.05) is 20.3 Å². The summed E-state index contributed by atoms with van der Waals surface area (Å²) in [6.07, 6.45) is 4.41. The van der Waals surface area contributed by atoms with Gasteiger partial charge in [0.05, 0.1) is 6.04 Å². The molecule has 0 saturated carbocycles. The van der Waals surface area contributed by atoms with Crippen molar-refractivity contribution in [2.45, 2.75) is 58.9 Å². The van der Waals surface area contributed by atoms with E-state index in [-0.39, 0.29) is 24.3 Å². The molecule has 0 aromatic heterocycles. The van der Waals surface area contributed by atoms with Crippen LogP contribution in [0.15, 0.2) is 0 Å². The van der Waals surface area contributed by atoms with Gasteiger partial charge in [-0.25, -0.2) is 0 Å². The molecule has 0 radical (unpaired) electrons. The number of carboxylic acid groups (broad SMARTS) is 1. The first-order valence-corrected chi connectivity index (χ1v) is 8.19. The van der Waals surface area contributed by atoms with Gasteiger partial charge < -0.3 is 10.4 Å². The molecule has 1 aliphatic rings. The Morgan fingerprint density at radius 1 is 1.38 bits per heavy atom. The van der Waals surface area contributed by atoms with E-state index in [1.807, 2.05) is 13.8 Å². The summed E-state index contributed by atoms with van der Waals surface area (Å²) in [6.45, 7) is 8.57. The SMILES string of the molecule is CCCCNC(=O)C(C)N1CCCC(C(C)CC(=O)O)C1. The molecule has 3 unspecified atom stereocenters. The summed E-state index contributed by atoms with van der Waals surface area (Å²) >= 11 is 0. The summed E-state index contributed by atoms with van der Waals surface area (Å²) in [6, 6.07) is -0.123. The molecule has 1 saturated heterocycles. The first-order chi connectivity index (χ1) is 9.95. The molecular weight excluding hydrogens is 268 g/mol. The van der Waals surface area contributed by atoms with Gasteiger partial charge in [-0.05, 0) is 44.6 Å². The van der Waals surface area contributed by atoms with Crippen LogP contribution in [0.25, 0.3) is 0 Å². The Labute approximate surface area is 128 Å². The number of unbranched alkanes of at least 4 members (excludes halogenated alkanes) is 1. The number of rotatable bonds is 8. The predicted octanol–water partition coefficient (Wildman–Crippen LogP) is 2.11. The van der Waals surface area contributed by atoms with E-state index in [1.165, 1.54) is 0 Å². The van der Waals surface area contributed by atoms with Crippen LogP contribution < -0.4 is 5.32 Å². The van der Waals surface area contributed by atoms with Crippen molar-refractivity contribution >= 4 is 11.9 Å². The zero-order valence-electron chi connectivity index (χ0n) is 13.6. The minimum absolute atomic E-state index is 0.0926. The summed E-state index contributed by atoms with van der Waals surface area (Å²) in [4.78, 5) is 25.2. The van der Waals surface area contributed by atoms with Crippen molar-refractivity contribution in [1.82, 2.24) is 10.2 Å². The number of hydrogen-bond donors (Lipinski definition) is 2. The lowest BCUT2D eigenvalue weighted by molar-refractivity contribution is -0.139. The molecule has 5 heteroatoms. The molecule has 0 aromatic rings. The quantitative estimate of drug-likeness (QED) is 0.673. The van der Waals surface area contributed by atoms with Crippen molar-refractivity contribution in [1.29, 1.82) is 0 Å². The van der Waals surface area contributed by atoms with E-state index >= 15 is 0 Å². The fourth-order valence-electron chi connectivity index (χ4n) is 3.00. The van der Waals surface area contributed by atoms with Gasteiger partial charge >= 0.3 is 5.97 Å². The van der Waals surface area contributed by atoms with Crippen LogP contribution in [0.3, 0.4) is 0 Å². The van der Waals surface area contributed by atoms with Gasteiger partial charge in [0.2, 0.25) is 5.91 Å². The van der Waals surface area contributed by atoms with E-state index in [2.05, 4.69) is 17.1 Å². The summed E-state index contributed by atoms with van der Waals surface area (Å²) in [5.74, 6) is -0.0960. The topological polar surface area (TPSA) is 69.6 Å². The zero-order chi connectivity index (χ0) is 15.8. The molecule has 122 valence electrons. The molecule has 3 atom stereocenters. The lowest BCUT2D eigenvalue weighted by Crippen LogP contribution is -2.50. The number of piperidine rings is 1. The highest BCUT2D eigenvalue weighted by Crippen LogP contribution is 2.27. The van der Waals surface area contributed by atoms with E-state index in [0.717, 1.165) is 45.3 Å². The third kappa shape index (κ3) is 6.04. The molecular formula is C16H30N2O3. The zero-order valence-corrected chi connectivity index (χ0v) is 13.6. The molecule has 1 aliphatic heterocycles. The Morgan fingerprint density at radius 2 is 2.10 bits per heavy atom. The Bertz CT molecular complexity index is 346. The first kappa shape index (κ1) is 18.0. The molecule has 1 rings (SSSR count). The Hall–Kier alpha value is -1.10. The number of carboxylic acids is 1. The highest BCUT2D eigenvalue weighted by atomic mass is 16.4. The van der Waals surface area contributed by atoms with Gasteiger partial charge in [0.1, 0.15) is 0 Å². The second kappa shape index (κ2) is 9.03. The van der Waals surface area contributed by atoms with Gasteiger partial charge in [-0.3, -0.25) is 14.5 Å². The van der Waals surface area contributed by atoms with Crippen molar-refractivity contribution in [2.75, 3.05) is 19.6 Å².